The summed E-state index contributed by atoms with van der Waals surface area (Å²) in [5, 5.41) is 15.8. The Kier molecular flexibility index (Phi) is 4.20. The maximum Gasteiger partial charge on any atom is 0.235 e. The zero-order valence-corrected chi connectivity index (χ0v) is 15.1. The molecule has 4 rings (SSSR count). The van der Waals surface area contributed by atoms with Crippen molar-refractivity contribution in [2.75, 3.05) is 13.1 Å². The lowest BCUT2D eigenvalue weighted by Gasteiger charge is -2.31. The van der Waals surface area contributed by atoms with E-state index in [4.69, 9.17) is 11.6 Å². The highest BCUT2D eigenvalue weighted by Crippen LogP contribution is 2.35. The normalized spacial score (nSPS) is 17.4. The smallest absolute Gasteiger partial charge is 0.235 e. The fraction of sp³-hybridized carbons (Fsp3) is 0.412. The summed E-state index contributed by atoms with van der Waals surface area (Å²) in [7, 11) is 0. The number of benzene rings is 1. The molecule has 1 saturated heterocycles. The van der Waals surface area contributed by atoms with Crippen molar-refractivity contribution >= 4 is 27.9 Å². The molecule has 5 nitrogen and oxygen atoms in total. The molecule has 2 aromatic heterocycles. The van der Waals surface area contributed by atoms with Crippen LogP contribution in [0, 0.1) is 6.92 Å². The fourth-order valence-corrected chi connectivity index (χ4v) is 4.87. The Balaban J connectivity index is 1.82. The van der Waals surface area contributed by atoms with Crippen LogP contribution in [-0.4, -0.2) is 32.8 Å². The maximum atomic E-state index is 10.8. The number of quaternary nitrogens is 1. The summed E-state index contributed by atoms with van der Waals surface area (Å²) in [6.07, 6.45) is 3.73. The van der Waals surface area contributed by atoms with Crippen LogP contribution in [0.4, 0.5) is 0 Å². The van der Waals surface area contributed by atoms with Gasteiger partial charge in [-0.15, -0.1) is 5.10 Å². The molecule has 0 aliphatic carbocycles. The molecule has 0 amide bonds. The van der Waals surface area contributed by atoms with E-state index in [0.717, 1.165) is 28.0 Å². The van der Waals surface area contributed by atoms with E-state index >= 15 is 0 Å². The molecule has 1 aromatic carbocycles. The van der Waals surface area contributed by atoms with Crippen LogP contribution in [0.1, 0.15) is 41.6 Å². The van der Waals surface area contributed by atoms with Gasteiger partial charge in [0.15, 0.2) is 6.04 Å². The van der Waals surface area contributed by atoms with Crippen LogP contribution < -0.4 is 4.90 Å². The summed E-state index contributed by atoms with van der Waals surface area (Å²) in [4.78, 5) is 7.58. The molecule has 0 spiro atoms. The highest BCUT2D eigenvalue weighted by atomic mass is 35.5. The van der Waals surface area contributed by atoms with Gasteiger partial charge in [-0.05, 0) is 38.3 Å². The van der Waals surface area contributed by atoms with Gasteiger partial charge in [-0.3, -0.25) is 0 Å². The van der Waals surface area contributed by atoms with Crippen LogP contribution in [0.3, 0.4) is 0 Å². The first-order valence-electron chi connectivity index (χ1n) is 8.28. The van der Waals surface area contributed by atoms with Crippen LogP contribution >= 0.6 is 22.9 Å². The molecule has 24 heavy (non-hydrogen) atoms. The number of nitrogens with one attached hydrogen (secondary N) is 1. The van der Waals surface area contributed by atoms with E-state index in [9.17, 15) is 5.11 Å². The van der Waals surface area contributed by atoms with Crippen molar-refractivity contribution < 1.29 is 10.0 Å². The number of aromatic nitrogens is 3. The Morgan fingerprint density at radius 1 is 1.21 bits per heavy atom. The first-order valence-corrected chi connectivity index (χ1v) is 9.48. The topological polar surface area (TPSA) is 54.9 Å². The van der Waals surface area contributed by atoms with Gasteiger partial charge in [0, 0.05) is 10.6 Å². The standard InChI is InChI=1S/C17H19ClN4OS/c1-11-19-17-22(20-11)16(23)15(24-17)14(21-9-3-2-4-10-21)12-5-7-13(18)8-6-12/h5-8,14,23H,2-4,9-10H2,1H3/p+1/t14-/m1/s1. The van der Waals surface area contributed by atoms with Gasteiger partial charge in [0.2, 0.25) is 10.8 Å². The lowest BCUT2D eigenvalue weighted by molar-refractivity contribution is -0.929. The lowest BCUT2D eigenvalue weighted by Crippen LogP contribution is -3.13. The van der Waals surface area contributed by atoms with E-state index < -0.39 is 0 Å². The monoisotopic (exact) mass is 363 g/mol. The number of hydrogen-bond donors (Lipinski definition) is 2. The van der Waals surface area contributed by atoms with E-state index in [0.29, 0.717) is 5.82 Å². The molecule has 2 N–H and O–H groups in total. The van der Waals surface area contributed by atoms with Gasteiger partial charge in [0.05, 0.1) is 13.1 Å². The van der Waals surface area contributed by atoms with Crippen molar-refractivity contribution in [3.8, 4) is 5.88 Å². The minimum absolute atomic E-state index is 0.0939. The van der Waals surface area contributed by atoms with Crippen molar-refractivity contribution in [1.82, 2.24) is 14.6 Å². The number of fused-ring (bicyclic) bond motifs is 1. The van der Waals surface area contributed by atoms with Crippen LogP contribution in [-0.2, 0) is 0 Å². The van der Waals surface area contributed by atoms with E-state index in [2.05, 4.69) is 22.2 Å². The minimum atomic E-state index is 0.0939. The average molecular weight is 364 g/mol. The third-order valence-corrected chi connectivity index (χ3v) is 6.01. The number of thiazole rings is 1. The molecule has 3 aromatic rings. The summed E-state index contributed by atoms with van der Waals surface area (Å²) >= 11 is 7.60. The van der Waals surface area contributed by atoms with Crippen molar-refractivity contribution in [2.24, 2.45) is 0 Å². The van der Waals surface area contributed by atoms with E-state index in [1.165, 1.54) is 41.1 Å². The average Bonchev–Trinajstić information content (AvgIpc) is 3.09. The van der Waals surface area contributed by atoms with Crippen LogP contribution in [0.25, 0.3) is 4.96 Å². The summed E-state index contributed by atoms with van der Waals surface area (Å²) in [6.45, 7) is 4.06. The van der Waals surface area contributed by atoms with Crippen molar-refractivity contribution in [3.05, 3.63) is 45.6 Å². The predicted octanol–water partition coefficient (Wildman–Crippen LogP) is 2.62. The van der Waals surface area contributed by atoms with Gasteiger partial charge in [-0.25, -0.2) is 4.98 Å². The van der Waals surface area contributed by atoms with Gasteiger partial charge in [0.1, 0.15) is 10.7 Å². The Morgan fingerprint density at radius 3 is 2.58 bits per heavy atom. The molecule has 1 aliphatic heterocycles. The molecule has 3 heterocycles. The highest BCUT2D eigenvalue weighted by Gasteiger charge is 2.33. The van der Waals surface area contributed by atoms with Gasteiger partial charge < -0.3 is 10.0 Å². The van der Waals surface area contributed by atoms with E-state index in [-0.39, 0.29) is 11.9 Å². The molecule has 0 saturated carbocycles. The van der Waals surface area contributed by atoms with Gasteiger partial charge in [0.25, 0.3) is 0 Å². The number of rotatable bonds is 3. The van der Waals surface area contributed by atoms with Gasteiger partial charge in [-0.1, -0.05) is 35.1 Å². The Morgan fingerprint density at radius 2 is 1.92 bits per heavy atom. The minimum Gasteiger partial charge on any atom is -0.492 e. The highest BCUT2D eigenvalue weighted by molar-refractivity contribution is 7.17. The molecular weight excluding hydrogens is 344 g/mol. The second-order valence-corrected chi connectivity index (χ2v) is 7.79. The Hall–Kier alpha value is -1.63. The number of piperidine rings is 1. The third kappa shape index (κ3) is 2.79. The largest absolute Gasteiger partial charge is 0.492 e. The summed E-state index contributed by atoms with van der Waals surface area (Å²) in [5.74, 6) is 0.894. The summed E-state index contributed by atoms with van der Waals surface area (Å²) in [5.41, 5.74) is 1.17. The molecule has 126 valence electrons. The maximum absolute atomic E-state index is 10.8. The molecule has 0 unspecified atom stereocenters. The first-order chi connectivity index (χ1) is 11.6. The molecular formula is C17H20ClN4OS+. The Labute approximate surface area is 149 Å². The van der Waals surface area contributed by atoms with Gasteiger partial charge >= 0.3 is 0 Å². The second-order valence-electron chi connectivity index (χ2n) is 6.35. The van der Waals surface area contributed by atoms with Crippen LogP contribution in [0.5, 0.6) is 5.88 Å². The Bertz CT molecular complexity index is 851. The number of aromatic hydroxyl groups is 1. The van der Waals surface area contributed by atoms with E-state index in [1.807, 2.05) is 19.1 Å². The number of hydrogen-bond acceptors (Lipinski definition) is 4. The zero-order chi connectivity index (χ0) is 16.7. The third-order valence-electron chi connectivity index (χ3n) is 4.68. The van der Waals surface area contributed by atoms with Crippen molar-refractivity contribution in [3.63, 3.8) is 0 Å². The predicted molar refractivity (Wildman–Crippen MR) is 95.1 cm³/mol. The van der Waals surface area contributed by atoms with Crippen molar-refractivity contribution in [2.45, 2.75) is 32.2 Å². The lowest BCUT2D eigenvalue weighted by atomic mass is 10.0. The number of likely N-dealkylation sites (tertiary alicyclic amines) is 1. The number of nitrogens with zero attached hydrogens (tertiary/aromatic N) is 3. The van der Waals surface area contributed by atoms with Crippen LogP contribution in [0.2, 0.25) is 5.02 Å². The van der Waals surface area contributed by atoms with E-state index in [1.54, 1.807) is 4.52 Å². The van der Waals surface area contributed by atoms with Gasteiger partial charge in [-0.2, -0.15) is 4.52 Å². The second kappa shape index (κ2) is 6.35. The molecule has 1 fully saturated rings. The van der Waals surface area contributed by atoms with Crippen molar-refractivity contribution in [1.29, 1.82) is 0 Å². The zero-order valence-electron chi connectivity index (χ0n) is 13.5. The quantitative estimate of drug-likeness (QED) is 0.752. The number of halogens is 1. The summed E-state index contributed by atoms with van der Waals surface area (Å²) in [6, 6.07) is 8.07. The summed E-state index contributed by atoms with van der Waals surface area (Å²) < 4.78 is 1.56. The molecule has 1 atom stereocenters. The fourth-order valence-electron chi connectivity index (χ4n) is 3.56. The molecule has 7 heteroatoms. The first kappa shape index (κ1) is 15.9. The number of aryl methyl sites for hydroxylation is 1. The van der Waals surface area contributed by atoms with Crippen LogP contribution in [0.15, 0.2) is 24.3 Å². The molecule has 1 aliphatic rings. The molecule has 0 bridgehead atoms. The SMILES string of the molecule is Cc1nc2sc([C@@H](c3ccc(Cl)cc3)[NH+]3CCCCC3)c(O)n2n1. The molecule has 0 radical (unpaired) electrons.